The van der Waals surface area contributed by atoms with E-state index in [1.54, 1.807) is 0 Å². The summed E-state index contributed by atoms with van der Waals surface area (Å²) >= 11 is 0. The summed E-state index contributed by atoms with van der Waals surface area (Å²) in [6.07, 6.45) is 8.01. The normalized spacial score (nSPS) is 19.8. The molecule has 0 bridgehead atoms. The van der Waals surface area contributed by atoms with Crippen LogP contribution in [-0.2, 0) is 4.79 Å². The summed E-state index contributed by atoms with van der Waals surface area (Å²) in [4.78, 5) is 13.9. The number of amides is 1. The monoisotopic (exact) mass is 276 g/mol. The third kappa shape index (κ3) is 5.57. The molecule has 0 aromatic rings. The predicted molar refractivity (Wildman–Crippen MR) is 78.9 cm³/mol. The summed E-state index contributed by atoms with van der Waals surface area (Å²) in [5.74, 6) is 0.965. The van der Waals surface area contributed by atoms with Crippen LogP contribution in [0.4, 0.5) is 0 Å². The molecule has 1 fully saturated rings. The highest BCUT2D eigenvalue weighted by Crippen LogP contribution is 2.26. The Morgan fingerprint density at radius 3 is 2.33 bits per heavy atom. The molecule has 0 aliphatic heterocycles. The second-order valence-electron chi connectivity index (χ2n) is 5.70. The van der Waals surface area contributed by atoms with Crippen LogP contribution in [0.3, 0.4) is 0 Å². The van der Waals surface area contributed by atoms with Crippen LogP contribution in [0.15, 0.2) is 0 Å². The minimum atomic E-state index is -0.0636. The second-order valence-corrected chi connectivity index (χ2v) is 5.70. The van der Waals surface area contributed by atoms with E-state index < -0.39 is 0 Å². The number of hydrogen-bond donors (Lipinski definition) is 1. The summed E-state index contributed by atoms with van der Waals surface area (Å²) in [7, 11) is 1.91. The maximum atomic E-state index is 12.0. The van der Waals surface area contributed by atoms with Gasteiger partial charge in [0.1, 0.15) is 0 Å². The van der Waals surface area contributed by atoms with Crippen molar-refractivity contribution in [3.63, 3.8) is 0 Å². The number of halogens is 1. The zero-order valence-corrected chi connectivity index (χ0v) is 12.8. The maximum Gasteiger partial charge on any atom is 0.226 e. The number of hydrogen-bond acceptors (Lipinski definition) is 2. The Balaban J connectivity index is 0.00000289. The summed E-state index contributed by atoms with van der Waals surface area (Å²) in [5, 5.41) is 0. The predicted octanol–water partition coefficient (Wildman–Crippen LogP) is 2.82. The molecule has 0 aromatic carbocycles. The van der Waals surface area contributed by atoms with Crippen molar-refractivity contribution in [1.82, 2.24) is 4.90 Å². The van der Waals surface area contributed by atoms with Crippen molar-refractivity contribution >= 4 is 18.3 Å². The first-order chi connectivity index (χ1) is 8.02. The molecule has 1 saturated carbocycles. The Bertz CT molecular complexity index is 240. The summed E-state index contributed by atoms with van der Waals surface area (Å²) < 4.78 is 0. The van der Waals surface area contributed by atoms with Gasteiger partial charge in [0.05, 0.1) is 5.92 Å². The van der Waals surface area contributed by atoms with Crippen LogP contribution < -0.4 is 5.73 Å². The Labute approximate surface area is 118 Å². The molecule has 18 heavy (non-hydrogen) atoms. The first-order valence-corrected chi connectivity index (χ1v) is 7.03. The van der Waals surface area contributed by atoms with Gasteiger partial charge in [0.25, 0.3) is 0 Å². The topological polar surface area (TPSA) is 46.3 Å². The molecule has 1 aliphatic rings. The minimum absolute atomic E-state index is 0. The fourth-order valence-electron chi connectivity index (χ4n) is 2.53. The van der Waals surface area contributed by atoms with E-state index in [-0.39, 0.29) is 30.3 Å². The minimum Gasteiger partial charge on any atom is -0.345 e. The highest BCUT2D eigenvalue weighted by molar-refractivity contribution is 5.85. The number of carbonyl (C=O) groups is 1. The molecule has 4 heteroatoms. The van der Waals surface area contributed by atoms with Gasteiger partial charge in [-0.2, -0.15) is 0 Å². The molecular formula is C14H29ClN2O. The molecule has 2 N–H and O–H groups in total. The van der Waals surface area contributed by atoms with Crippen LogP contribution >= 0.6 is 12.4 Å². The highest BCUT2D eigenvalue weighted by atomic mass is 35.5. The van der Waals surface area contributed by atoms with Crippen molar-refractivity contribution in [1.29, 1.82) is 0 Å². The third-order valence-electron chi connectivity index (χ3n) is 4.15. The highest BCUT2D eigenvalue weighted by Gasteiger charge is 2.21. The van der Waals surface area contributed by atoms with Gasteiger partial charge in [-0.15, -0.1) is 12.4 Å². The zero-order chi connectivity index (χ0) is 12.8. The molecule has 0 spiro atoms. The molecule has 0 heterocycles. The van der Waals surface area contributed by atoms with E-state index in [0.29, 0.717) is 0 Å². The van der Waals surface area contributed by atoms with Gasteiger partial charge in [0.15, 0.2) is 0 Å². The van der Waals surface area contributed by atoms with Crippen LogP contribution in [0.1, 0.15) is 52.4 Å². The van der Waals surface area contributed by atoms with Gasteiger partial charge in [-0.25, -0.2) is 0 Å². The van der Waals surface area contributed by atoms with Crippen molar-refractivity contribution in [3.8, 4) is 0 Å². The Kier molecular flexibility index (Phi) is 8.62. The molecule has 0 aromatic heterocycles. The van der Waals surface area contributed by atoms with E-state index in [9.17, 15) is 4.79 Å². The molecule has 108 valence electrons. The van der Waals surface area contributed by atoms with E-state index >= 15 is 0 Å². The van der Waals surface area contributed by atoms with Crippen molar-refractivity contribution in [3.05, 3.63) is 0 Å². The lowest BCUT2D eigenvalue weighted by Crippen LogP contribution is -2.40. The lowest BCUT2D eigenvalue weighted by atomic mass is 9.87. The fourth-order valence-corrected chi connectivity index (χ4v) is 2.53. The number of nitrogens with zero attached hydrogens (tertiary/aromatic N) is 1. The molecule has 1 rings (SSSR count). The molecule has 0 radical (unpaired) electrons. The van der Waals surface area contributed by atoms with Gasteiger partial charge >= 0.3 is 0 Å². The van der Waals surface area contributed by atoms with E-state index in [1.165, 1.54) is 32.1 Å². The molecular weight excluding hydrogens is 248 g/mol. The van der Waals surface area contributed by atoms with Crippen molar-refractivity contribution < 1.29 is 4.79 Å². The van der Waals surface area contributed by atoms with Gasteiger partial charge < -0.3 is 10.6 Å². The average Bonchev–Trinajstić information content (AvgIpc) is 2.35. The summed E-state index contributed by atoms with van der Waals surface area (Å²) in [6.45, 7) is 4.71. The van der Waals surface area contributed by atoms with Gasteiger partial charge in [-0.1, -0.05) is 39.0 Å². The van der Waals surface area contributed by atoms with Gasteiger partial charge in [0, 0.05) is 19.6 Å². The standard InChI is InChI=1S/C14H28N2O.ClH/c1-11(12(2)15)14(17)16(3)10-9-13-7-5-4-6-8-13;/h11-13H,4-10,15H2,1-3H3;1H. The second kappa shape index (κ2) is 8.76. The molecule has 2 unspecified atom stereocenters. The molecule has 2 atom stereocenters. The first-order valence-electron chi connectivity index (χ1n) is 7.03. The van der Waals surface area contributed by atoms with Crippen LogP contribution in [-0.4, -0.2) is 30.4 Å². The quantitative estimate of drug-likeness (QED) is 0.839. The van der Waals surface area contributed by atoms with E-state index in [2.05, 4.69) is 0 Å². The van der Waals surface area contributed by atoms with Gasteiger partial charge in [-0.05, 0) is 19.3 Å². The van der Waals surface area contributed by atoms with E-state index in [1.807, 2.05) is 25.8 Å². The lowest BCUT2D eigenvalue weighted by Gasteiger charge is -2.27. The van der Waals surface area contributed by atoms with Gasteiger partial charge in [0.2, 0.25) is 5.91 Å². The van der Waals surface area contributed by atoms with Crippen LogP contribution in [0.5, 0.6) is 0 Å². The molecule has 1 aliphatic carbocycles. The first kappa shape index (κ1) is 17.7. The number of rotatable bonds is 5. The zero-order valence-electron chi connectivity index (χ0n) is 12.0. The third-order valence-corrected chi connectivity index (χ3v) is 4.15. The molecule has 0 saturated heterocycles. The van der Waals surface area contributed by atoms with Crippen molar-refractivity contribution in [2.45, 2.75) is 58.4 Å². The SMILES string of the molecule is CC(N)C(C)C(=O)N(C)CCC1CCCCC1.Cl. The Morgan fingerprint density at radius 1 is 1.28 bits per heavy atom. The Hall–Kier alpha value is -0.280. The Morgan fingerprint density at radius 2 is 1.83 bits per heavy atom. The maximum absolute atomic E-state index is 12.0. The largest absolute Gasteiger partial charge is 0.345 e. The van der Waals surface area contributed by atoms with Gasteiger partial charge in [-0.3, -0.25) is 4.79 Å². The van der Waals surface area contributed by atoms with Crippen LogP contribution in [0.2, 0.25) is 0 Å². The molecule has 3 nitrogen and oxygen atoms in total. The number of carbonyl (C=O) groups excluding carboxylic acids is 1. The number of nitrogens with two attached hydrogens (primary N) is 1. The van der Waals surface area contributed by atoms with E-state index in [0.717, 1.165) is 18.9 Å². The van der Waals surface area contributed by atoms with Crippen molar-refractivity contribution in [2.24, 2.45) is 17.6 Å². The van der Waals surface area contributed by atoms with Crippen LogP contribution in [0.25, 0.3) is 0 Å². The van der Waals surface area contributed by atoms with Crippen LogP contribution in [0, 0.1) is 11.8 Å². The summed E-state index contributed by atoms with van der Waals surface area (Å²) in [6, 6.07) is -0.0559. The lowest BCUT2D eigenvalue weighted by molar-refractivity contribution is -0.134. The smallest absolute Gasteiger partial charge is 0.226 e. The average molecular weight is 277 g/mol. The fraction of sp³-hybridized carbons (Fsp3) is 0.929. The van der Waals surface area contributed by atoms with Crippen molar-refractivity contribution in [2.75, 3.05) is 13.6 Å². The van der Waals surface area contributed by atoms with E-state index in [4.69, 9.17) is 5.73 Å². The molecule has 1 amide bonds. The summed E-state index contributed by atoms with van der Waals surface area (Å²) in [5.41, 5.74) is 5.77.